The maximum atomic E-state index is 10.8. The summed E-state index contributed by atoms with van der Waals surface area (Å²) in [5, 5.41) is 10.3. The zero-order valence-electron chi connectivity index (χ0n) is 7.80. The highest BCUT2D eigenvalue weighted by atomic mass is 16.8. The summed E-state index contributed by atoms with van der Waals surface area (Å²) in [7, 11) is 1.40. The summed E-state index contributed by atoms with van der Waals surface area (Å²) in [6.07, 6.45) is -0.939. The van der Waals surface area contributed by atoms with Crippen molar-refractivity contribution in [2.75, 3.05) is 7.05 Å². The van der Waals surface area contributed by atoms with Crippen LogP contribution in [0.4, 0.5) is 10.5 Å². The summed E-state index contributed by atoms with van der Waals surface area (Å²) < 4.78 is 4.64. The molecule has 1 aromatic rings. The second-order valence-electron chi connectivity index (χ2n) is 2.41. The van der Waals surface area contributed by atoms with Gasteiger partial charge in [0.25, 0.3) is 5.69 Å². The molecule has 0 bridgehead atoms. The van der Waals surface area contributed by atoms with Crippen LogP contribution >= 0.6 is 0 Å². The minimum absolute atomic E-state index is 0.0793. The van der Waals surface area contributed by atoms with Crippen LogP contribution in [0.5, 0.6) is 5.75 Å². The van der Waals surface area contributed by atoms with E-state index >= 15 is 0 Å². The molecule has 15 heavy (non-hydrogen) atoms. The number of hydrogen-bond acceptors (Lipinski definition) is 6. The van der Waals surface area contributed by atoms with E-state index in [9.17, 15) is 14.9 Å². The molecule has 0 saturated heterocycles. The standard InChI is InChI=1S/C8H8N2O5/c1-9-15-8(11)14-7-4-2-6(3-5-7)10(12)13/h2-5,9H,1H3. The molecule has 0 aromatic heterocycles. The van der Waals surface area contributed by atoms with Gasteiger partial charge in [0.05, 0.1) is 4.92 Å². The molecule has 80 valence electrons. The lowest BCUT2D eigenvalue weighted by Crippen LogP contribution is -2.18. The maximum absolute atomic E-state index is 10.8. The molecule has 1 aromatic carbocycles. The molecule has 7 nitrogen and oxygen atoms in total. The van der Waals surface area contributed by atoms with E-state index in [1.54, 1.807) is 0 Å². The van der Waals surface area contributed by atoms with Crippen LogP contribution in [0.2, 0.25) is 0 Å². The van der Waals surface area contributed by atoms with Gasteiger partial charge in [0, 0.05) is 19.2 Å². The first-order valence-corrected chi connectivity index (χ1v) is 3.93. The van der Waals surface area contributed by atoms with E-state index in [4.69, 9.17) is 0 Å². The number of rotatable bonds is 3. The van der Waals surface area contributed by atoms with E-state index in [1.807, 2.05) is 0 Å². The van der Waals surface area contributed by atoms with Crippen LogP contribution in [0, 0.1) is 10.1 Å². The van der Waals surface area contributed by atoms with Crippen molar-refractivity contribution in [3.05, 3.63) is 34.4 Å². The molecule has 0 aliphatic carbocycles. The van der Waals surface area contributed by atoms with E-state index in [2.05, 4.69) is 15.1 Å². The maximum Gasteiger partial charge on any atom is 0.533 e. The number of carbonyl (C=O) groups is 1. The molecule has 7 heteroatoms. The lowest BCUT2D eigenvalue weighted by Gasteiger charge is -2.02. The number of nitrogens with zero attached hydrogens (tertiary/aromatic N) is 1. The van der Waals surface area contributed by atoms with Gasteiger partial charge < -0.3 is 9.57 Å². The summed E-state index contributed by atoms with van der Waals surface area (Å²) >= 11 is 0. The Balaban J connectivity index is 2.64. The van der Waals surface area contributed by atoms with E-state index in [1.165, 1.54) is 31.3 Å². The highest BCUT2D eigenvalue weighted by Crippen LogP contribution is 2.17. The summed E-state index contributed by atoms with van der Waals surface area (Å²) in [5.74, 6) is 0.167. The quantitative estimate of drug-likeness (QED) is 0.351. The number of ether oxygens (including phenoxy) is 1. The number of non-ortho nitro benzene ring substituents is 1. The van der Waals surface area contributed by atoms with Gasteiger partial charge in [-0.15, -0.1) is 0 Å². The van der Waals surface area contributed by atoms with Gasteiger partial charge in [0.1, 0.15) is 5.75 Å². The summed E-state index contributed by atoms with van der Waals surface area (Å²) in [6, 6.07) is 5.05. The Kier molecular flexibility index (Phi) is 3.58. The van der Waals surface area contributed by atoms with E-state index in [-0.39, 0.29) is 11.4 Å². The molecule has 0 aliphatic heterocycles. The first kappa shape index (κ1) is 10.9. The lowest BCUT2D eigenvalue weighted by molar-refractivity contribution is -0.384. The third-order valence-electron chi connectivity index (χ3n) is 1.43. The number of hydrogen-bond donors (Lipinski definition) is 1. The molecule has 0 unspecified atom stereocenters. The molecule has 0 atom stereocenters. The van der Waals surface area contributed by atoms with Gasteiger partial charge in [0.15, 0.2) is 0 Å². The summed E-state index contributed by atoms with van der Waals surface area (Å²) in [6.45, 7) is 0. The van der Waals surface area contributed by atoms with Crippen molar-refractivity contribution < 1.29 is 19.3 Å². The molecule has 0 fully saturated rings. The number of carbonyl (C=O) groups excluding carboxylic acids is 1. The molecule has 0 spiro atoms. The van der Waals surface area contributed by atoms with Crippen molar-refractivity contribution >= 4 is 11.8 Å². The first-order valence-electron chi connectivity index (χ1n) is 3.93. The average Bonchev–Trinajstić information content (AvgIpc) is 2.18. The van der Waals surface area contributed by atoms with E-state index in [0.29, 0.717) is 0 Å². The van der Waals surface area contributed by atoms with Gasteiger partial charge in [-0.3, -0.25) is 10.1 Å². The molecule has 1 rings (SSSR count). The van der Waals surface area contributed by atoms with Crippen LogP contribution in [0.25, 0.3) is 0 Å². The van der Waals surface area contributed by atoms with Crippen LogP contribution < -0.4 is 10.2 Å². The lowest BCUT2D eigenvalue weighted by atomic mass is 10.3. The van der Waals surface area contributed by atoms with Gasteiger partial charge in [-0.05, 0) is 12.1 Å². The van der Waals surface area contributed by atoms with Crippen molar-refractivity contribution in [1.82, 2.24) is 5.48 Å². The van der Waals surface area contributed by atoms with Crippen LogP contribution in [0.1, 0.15) is 0 Å². The number of hydroxylamine groups is 1. The number of benzene rings is 1. The van der Waals surface area contributed by atoms with Crippen LogP contribution in [0.3, 0.4) is 0 Å². The predicted molar refractivity (Wildman–Crippen MR) is 49.3 cm³/mol. The van der Waals surface area contributed by atoms with Gasteiger partial charge >= 0.3 is 6.16 Å². The Labute approximate surface area is 84.7 Å². The number of nitrogens with one attached hydrogen (secondary N) is 1. The highest BCUT2D eigenvalue weighted by Gasteiger charge is 2.08. The molecule has 0 radical (unpaired) electrons. The second kappa shape index (κ2) is 4.91. The average molecular weight is 212 g/mol. The second-order valence-corrected chi connectivity index (χ2v) is 2.41. The Morgan fingerprint density at radius 3 is 2.47 bits per heavy atom. The van der Waals surface area contributed by atoms with Crippen molar-refractivity contribution in [3.63, 3.8) is 0 Å². The third kappa shape index (κ3) is 3.24. The molecular formula is C8H8N2O5. The minimum Gasteiger partial charge on any atom is -0.394 e. The van der Waals surface area contributed by atoms with Gasteiger partial charge in [-0.2, -0.15) is 5.48 Å². The van der Waals surface area contributed by atoms with Gasteiger partial charge in [-0.1, -0.05) is 0 Å². The van der Waals surface area contributed by atoms with Crippen LogP contribution in [-0.4, -0.2) is 18.1 Å². The van der Waals surface area contributed by atoms with Gasteiger partial charge in [-0.25, -0.2) is 4.79 Å². The molecule has 0 heterocycles. The van der Waals surface area contributed by atoms with Crippen LogP contribution in [-0.2, 0) is 4.84 Å². The van der Waals surface area contributed by atoms with Gasteiger partial charge in [0.2, 0.25) is 0 Å². The number of nitro benzene ring substituents is 1. The smallest absolute Gasteiger partial charge is 0.394 e. The summed E-state index contributed by atoms with van der Waals surface area (Å²) in [5.41, 5.74) is 2.06. The summed E-state index contributed by atoms with van der Waals surface area (Å²) in [4.78, 5) is 24.8. The first-order chi connectivity index (χ1) is 7.13. The zero-order chi connectivity index (χ0) is 11.3. The molecule has 0 amide bonds. The fourth-order valence-electron chi connectivity index (χ4n) is 0.836. The molecular weight excluding hydrogens is 204 g/mol. The van der Waals surface area contributed by atoms with E-state index in [0.717, 1.165) is 0 Å². The largest absolute Gasteiger partial charge is 0.533 e. The van der Waals surface area contributed by atoms with Crippen molar-refractivity contribution in [2.45, 2.75) is 0 Å². The Bertz CT molecular complexity index is 362. The third-order valence-corrected chi connectivity index (χ3v) is 1.43. The molecule has 0 aliphatic rings. The van der Waals surface area contributed by atoms with Crippen molar-refractivity contribution in [1.29, 1.82) is 0 Å². The topological polar surface area (TPSA) is 90.7 Å². The highest BCUT2D eigenvalue weighted by molar-refractivity contribution is 5.63. The Hall–Kier alpha value is -2.15. The van der Waals surface area contributed by atoms with Crippen LogP contribution in [0.15, 0.2) is 24.3 Å². The minimum atomic E-state index is -0.939. The fraction of sp³-hybridized carbons (Fsp3) is 0.125. The van der Waals surface area contributed by atoms with Crippen molar-refractivity contribution in [2.24, 2.45) is 0 Å². The monoisotopic (exact) mass is 212 g/mol. The fourth-order valence-corrected chi connectivity index (χ4v) is 0.836. The Morgan fingerprint density at radius 2 is 2.00 bits per heavy atom. The SMILES string of the molecule is CNOC(=O)Oc1ccc([N+](=O)[O-])cc1. The number of nitro groups is 1. The van der Waals surface area contributed by atoms with Crippen molar-refractivity contribution in [3.8, 4) is 5.75 Å². The predicted octanol–water partition coefficient (Wildman–Crippen LogP) is 1.24. The van der Waals surface area contributed by atoms with E-state index < -0.39 is 11.1 Å². The Morgan fingerprint density at radius 1 is 1.40 bits per heavy atom. The normalized spacial score (nSPS) is 9.40. The molecule has 0 saturated carbocycles. The molecule has 1 N–H and O–H groups in total. The zero-order valence-corrected chi connectivity index (χ0v) is 7.80.